The number of hydrogen-bond donors (Lipinski definition) is 2. The van der Waals surface area contributed by atoms with Crippen molar-refractivity contribution in [3.63, 3.8) is 0 Å². The van der Waals surface area contributed by atoms with Crippen molar-refractivity contribution in [2.24, 2.45) is 0 Å². The van der Waals surface area contributed by atoms with Gasteiger partial charge in [0.05, 0.1) is 29.1 Å². The summed E-state index contributed by atoms with van der Waals surface area (Å²) in [6.45, 7) is 8.12. The topological polar surface area (TPSA) is 105 Å². The van der Waals surface area contributed by atoms with Crippen LogP contribution in [0, 0.1) is 0 Å². The maximum atomic E-state index is 13.4. The predicted molar refractivity (Wildman–Crippen MR) is 124 cm³/mol. The van der Waals surface area contributed by atoms with Gasteiger partial charge in [0.25, 0.3) is 0 Å². The first-order valence-corrected chi connectivity index (χ1v) is 10.9. The van der Waals surface area contributed by atoms with E-state index in [1.54, 1.807) is 36.1 Å². The number of rotatable bonds is 4. The number of amides is 1. The summed E-state index contributed by atoms with van der Waals surface area (Å²) in [7, 11) is 0. The lowest BCUT2D eigenvalue weighted by molar-refractivity contribution is 0.0980. The molecule has 3 N–H and O–H groups in total. The molecule has 8 nitrogen and oxygen atoms in total. The van der Waals surface area contributed by atoms with Crippen LogP contribution in [0.15, 0.2) is 30.3 Å². The first-order valence-electron chi connectivity index (χ1n) is 10.9. The largest absolute Gasteiger partial charge is 0.450 e. The Labute approximate surface area is 187 Å². The summed E-state index contributed by atoms with van der Waals surface area (Å²) in [6.07, 6.45) is -0.329. The molecule has 0 spiro atoms. The van der Waals surface area contributed by atoms with Gasteiger partial charge in [0.1, 0.15) is 0 Å². The molecule has 0 aromatic heterocycles. The third-order valence-electron chi connectivity index (χ3n) is 5.81. The van der Waals surface area contributed by atoms with Gasteiger partial charge in [-0.2, -0.15) is 0 Å². The molecular weight excluding hydrogens is 408 g/mol. The first kappa shape index (κ1) is 21.7. The van der Waals surface area contributed by atoms with Gasteiger partial charge in [-0.25, -0.2) is 4.79 Å². The van der Waals surface area contributed by atoms with Gasteiger partial charge in [-0.3, -0.25) is 9.59 Å². The quantitative estimate of drug-likeness (QED) is 0.605. The van der Waals surface area contributed by atoms with E-state index in [2.05, 4.69) is 10.2 Å². The Morgan fingerprint density at radius 2 is 1.66 bits per heavy atom. The third kappa shape index (κ3) is 3.66. The predicted octanol–water partition coefficient (Wildman–Crippen LogP) is 3.14. The van der Waals surface area contributed by atoms with Gasteiger partial charge >= 0.3 is 6.09 Å². The van der Waals surface area contributed by atoms with E-state index in [0.29, 0.717) is 66.5 Å². The fourth-order valence-corrected chi connectivity index (χ4v) is 4.34. The van der Waals surface area contributed by atoms with Crippen molar-refractivity contribution in [1.82, 2.24) is 4.90 Å². The molecule has 1 fully saturated rings. The fraction of sp³-hybridized carbons (Fsp3) is 0.375. The first-order chi connectivity index (χ1) is 15.3. The van der Waals surface area contributed by atoms with Gasteiger partial charge in [-0.15, -0.1) is 0 Å². The van der Waals surface area contributed by atoms with Crippen molar-refractivity contribution in [3.8, 4) is 0 Å². The third-order valence-corrected chi connectivity index (χ3v) is 5.81. The van der Waals surface area contributed by atoms with Gasteiger partial charge in [-0.05, 0) is 26.8 Å². The van der Waals surface area contributed by atoms with Gasteiger partial charge in [0, 0.05) is 49.0 Å². The molecule has 0 saturated carbocycles. The number of ketones is 2. The molecule has 2 aromatic carbocycles. The van der Waals surface area contributed by atoms with Crippen molar-refractivity contribution in [3.05, 3.63) is 52.6 Å². The van der Waals surface area contributed by atoms with Gasteiger partial charge in [0.2, 0.25) is 0 Å². The summed E-state index contributed by atoms with van der Waals surface area (Å²) in [5.41, 5.74) is 9.47. The van der Waals surface area contributed by atoms with E-state index in [-0.39, 0.29) is 29.3 Å². The van der Waals surface area contributed by atoms with E-state index >= 15 is 0 Å². The molecule has 1 aliphatic carbocycles. The number of nitrogens with zero attached hydrogens (tertiary/aromatic N) is 2. The second-order valence-corrected chi connectivity index (χ2v) is 8.28. The summed E-state index contributed by atoms with van der Waals surface area (Å²) in [5, 5.41) is 3.33. The zero-order chi connectivity index (χ0) is 23.0. The molecule has 1 amide bonds. The lowest BCUT2D eigenvalue weighted by Crippen LogP contribution is -2.49. The molecule has 0 atom stereocenters. The fourth-order valence-electron chi connectivity index (χ4n) is 4.34. The Hall–Kier alpha value is -3.55. The summed E-state index contributed by atoms with van der Waals surface area (Å²) in [5.74, 6) is -0.449. The lowest BCUT2D eigenvalue weighted by atomic mass is 9.81. The second kappa shape index (κ2) is 8.53. The van der Waals surface area contributed by atoms with Crippen LogP contribution in [0.3, 0.4) is 0 Å². The SMILES string of the molecule is CCOC(=O)N1CCN(c2cc(NC(C)C)c3c(c2N)C(=O)c2ccccc2C3=O)CC1. The molecule has 0 bridgehead atoms. The molecule has 1 heterocycles. The monoisotopic (exact) mass is 436 g/mol. The minimum Gasteiger partial charge on any atom is -0.450 e. The van der Waals surface area contributed by atoms with Crippen molar-refractivity contribution < 1.29 is 19.1 Å². The van der Waals surface area contributed by atoms with Crippen LogP contribution in [0.1, 0.15) is 52.6 Å². The van der Waals surface area contributed by atoms with Gasteiger partial charge < -0.3 is 25.6 Å². The van der Waals surface area contributed by atoms with Crippen LogP contribution in [0.2, 0.25) is 0 Å². The zero-order valence-electron chi connectivity index (χ0n) is 18.6. The van der Waals surface area contributed by atoms with Crippen molar-refractivity contribution >= 4 is 34.7 Å². The van der Waals surface area contributed by atoms with E-state index in [9.17, 15) is 14.4 Å². The average Bonchev–Trinajstić information content (AvgIpc) is 2.78. The highest BCUT2D eigenvalue weighted by molar-refractivity contribution is 6.32. The highest BCUT2D eigenvalue weighted by Crippen LogP contribution is 2.41. The van der Waals surface area contributed by atoms with Crippen LogP contribution < -0.4 is 16.0 Å². The standard InChI is InChI=1S/C24H28N4O4/c1-4-32-24(31)28-11-9-27(10-12-28)18-13-17(26-14(2)3)19-20(21(18)25)23(30)16-8-6-5-7-15(16)22(19)29/h5-8,13-14,26H,4,9-12,25H2,1-3H3. The number of piperazine rings is 1. The normalized spacial score (nSPS) is 15.5. The number of nitrogen functional groups attached to an aromatic ring is 1. The van der Waals surface area contributed by atoms with E-state index in [0.717, 1.165) is 0 Å². The maximum absolute atomic E-state index is 13.4. The number of hydrogen-bond acceptors (Lipinski definition) is 7. The van der Waals surface area contributed by atoms with Crippen LogP contribution in [0.4, 0.5) is 21.9 Å². The number of carbonyl (C=O) groups excluding carboxylic acids is 3. The van der Waals surface area contributed by atoms with Gasteiger partial charge in [0.15, 0.2) is 11.6 Å². The number of benzene rings is 2. The van der Waals surface area contributed by atoms with E-state index < -0.39 is 0 Å². The zero-order valence-corrected chi connectivity index (χ0v) is 18.6. The second-order valence-electron chi connectivity index (χ2n) is 8.28. The molecular formula is C24H28N4O4. The average molecular weight is 437 g/mol. The summed E-state index contributed by atoms with van der Waals surface area (Å²) in [4.78, 5) is 42.5. The number of nitrogens with two attached hydrogens (primary N) is 1. The van der Waals surface area contributed by atoms with E-state index in [1.165, 1.54) is 0 Å². The van der Waals surface area contributed by atoms with Crippen molar-refractivity contribution in [2.75, 3.05) is 48.7 Å². The van der Waals surface area contributed by atoms with Crippen LogP contribution in [0.5, 0.6) is 0 Å². The minimum absolute atomic E-state index is 0.0521. The van der Waals surface area contributed by atoms with Crippen LogP contribution in [-0.4, -0.2) is 61.4 Å². The Morgan fingerprint density at radius 3 is 2.22 bits per heavy atom. The number of fused-ring (bicyclic) bond motifs is 2. The molecule has 1 aliphatic heterocycles. The Bertz CT molecular complexity index is 1090. The molecule has 0 unspecified atom stereocenters. The number of anilines is 3. The Kier molecular flexibility index (Phi) is 5.78. The molecule has 8 heteroatoms. The molecule has 0 radical (unpaired) electrons. The number of carbonyl (C=O) groups is 3. The molecule has 1 saturated heterocycles. The highest BCUT2D eigenvalue weighted by atomic mass is 16.6. The molecule has 32 heavy (non-hydrogen) atoms. The van der Waals surface area contributed by atoms with Crippen LogP contribution in [-0.2, 0) is 4.74 Å². The van der Waals surface area contributed by atoms with Crippen LogP contribution >= 0.6 is 0 Å². The van der Waals surface area contributed by atoms with E-state index in [1.807, 2.05) is 19.9 Å². The molecule has 4 rings (SSSR count). The number of ether oxygens (including phenoxy) is 1. The molecule has 2 aliphatic rings. The Morgan fingerprint density at radius 1 is 1.06 bits per heavy atom. The summed E-state index contributed by atoms with van der Waals surface area (Å²) in [6, 6.07) is 8.75. The van der Waals surface area contributed by atoms with Crippen LogP contribution in [0.25, 0.3) is 0 Å². The molecule has 168 valence electrons. The highest BCUT2D eigenvalue weighted by Gasteiger charge is 2.36. The lowest BCUT2D eigenvalue weighted by Gasteiger charge is -2.37. The molecule has 2 aromatic rings. The summed E-state index contributed by atoms with van der Waals surface area (Å²) >= 11 is 0. The number of nitrogens with one attached hydrogen (secondary N) is 1. The maximum Gasteiger partial charge on any atom is 0.409 e. The summed E-state index contributed by atoms with van der Waals surface area (Å²) < 4.78 is 5.09. The van der Waals surface area contributed by atoms with Crippen molar-refractivity contribution in [1.29, 1.82) is 0 Å². The van der Waals surface area contributed by atoms with E-state index in [4.69, 9.17) is 10.5 Å². The Balaban J connectivity index is 1.76. The van der Waals surface area contributed by atoms with Gasteiger partial charge in [-0.1, -0.05) is 24.3 Å². The van der Waals surface area contributed by atoms with Crippen molar-refractivity contribution in [2.45, 2.75) is 26.8 Å². The minimum atomic E-state index is -0.329. The smallest absolute Gasteiger partial charge is 0.409 e.